The lowest BCUT2D eigenvalue weighted by Crippen LogP contribution is -2.44. The fourth-order valence-electron chi connectivity index (χ4n) is 3.79. The van der Waals surface area contributed by atoms with Gasteiger partial charge in [0.15, 0.2) is 19.8 Å². The Kier molecular flexibility index (Phi) is 6.91. The molecule has 4 rings (SSSR count). The van der Waals surface area contributed by atoms with E-state index in [1.807, 2.05) is 4.57 Å². The van der Waals surface area contributed by atoms with Gasteiger partial charge < -0.3 is 19.6 Å². The number of anilines is 1. The molecule has 1 aromatic carbocycles. The summed E-state index contributed by atoms with van der Waals surface area (Å²) in [6, 6.07) is 6.59. The lowest BCUT2D eigenvalue weighted by Gasteiger charge is -2.37. The number of ether oxygens (including phenoxy) is 2. The smallest absolute Gasteiger partial charge is 0.274 e. The van der Waals surface area contributed by atoms with Crippen LogP contribution < -0.4 is 5.73 Å². The quantitative estimate of drug-likeness (QED) is 0.273. The van der Waals surface area contributed by atoms with Crippen LogP contribution in [-0.2, 0) is 20.5 Å². The molecular formula is C23H32N6O5Si. The topological polar surface area (TPSA) is 140 Å². The minimum atomic E-state index is -2.03. The van der Waals surface area contributed by atoms with Crippen molar-refractivity contribution in [1.29, 1.82) is 0 Å². The van der Waals surface area contributed by atoms with Crippen molar-refractivity contribution >= 4 is 31.0 Å². The fourth-order valence-corrected chi connectivity index (χ4v) is 4.81. The number of nitrogens with zero attached hydrogens (tertiary/aromatic N) is 5. The number of nitrogens with two attached hydrogens (primary N) is 1. The van der Waals surface area contributed by atoms with Crippen LogP contribution in [0.15, 0.2) is 36.9 Å². The van der Waals surface area contributed by atoms with Gasteiger partial charge in [-0.15, -0.1) is 0 Å². The summed E-state index contributed by atoms with van der Waals surface area (Å²) in [6.07, 6.45) is 2.41. The van der Waals surface area contributed by atoms with Gasteiger partial charge in [-0.1, -0.05) is 32.9 Å². The predicted octanol–water partition coefficient (Wildman–Crippen LogP) is 4.21. The Morgan fingerprint density at radius 2 is 2.00 bits per heavy atom. The first-order chi connectivity index (χ1) is 16.5. The molecule has 2 aromatic heterocycles. The zero-order valence-corrected chi connectivity index (χ0v) is 21.7. The number of rotatable bonds is 8. The zero-order chi connectivity index (χ0) is 25.4. The number of nitrogen functional groups attached to an aromatic ring is 1. The van der Waals surface area contributed by atoms with Crippen LogP contribution in [0.1, 0.15) is 39.0 Å². The van der Waals surface area contributed by atoms with Gasteiger partial charge in [-0.05, 0) is 24.2 Å². The van der Waals surface area contributed by atoms with Crippen molar-refractivity contribution in [2.45, 2.75) is 70.4 Å². The lowest BCUT2D eigenvalue weighted by atomic mass is 10.1. The number of aromatic nitrogens is 4. The molecule has 188 valence electrons. The fraction of sp³-hybridized carbons (Fsp3) is 0.522. The first kappa shape index (κ1) is 25.2. The van der Waals surface area contributed by atoms with Crippen molar-refractivity contribution in [2.24, 2.45) is 0 Å². The highest BCUT2D eigenvalue weighted by molar-refractivity contribution is 6.74. The molecular weight excluding hydrogens is 468 g/mol. The van der Waals surface area contributed by atoms with Crippen LogP contribution in [0.25, 0.3) is 11.2 Å². The van der Waals surface area contributed by atoms with Crippen molar-refractivity contribution < 1.29 is 18.8 Å². The molecule has 12 heteroatoms. The number of nitro groups is 1. The van der Waals surface area contributed by atoms with Crippen LogP contribution in [0.2, 0.25) is 18.1 Å². The van der Waals surface area contributed by atoms with Crippen LogP contribution >= 0.6 is 0 Å². The second-order valence-corrected chi connectivity index (χ2v) is 15.1. The van der Waals surface area contributed by atoms with Gasteiger partial charge in [0.1, 0.15) is 24.2 Å². The van der Waals surface area contributed by atoms with Gasteiger partial charge >= 0.3 is 0 Å². The molecule has 2 N–H and O–H groups in total. The number of benzene rings is 1. The van der Waals surface area contributed by atoms with E-state index in [2.05, 4.69) is 48.8 Å². The Morgan fingerprint density at radius 3 is 2.71 bits per heavy atom. The first-order valence-corrected chi connectivity index (χ1v) is 14.4. The molecule has 1 saturated heterocycles. The summed E-state index contributed by atoms with van der Waals surface area (Å²) in [7, 11) is -2.03. The predicted molar refractivity (Wildman–Crippen MR) is 133 cm³/mol. The molecule has 0 spiro atoms. The number of imidazole rings is 1. The minimum Gasteiger partial charge on any atom is -0.414 e. The highest BCUT2D eigenvalue weighted by Crippen LogP contribution is 2.39. The standard InChI is InChI=1S/C23H32N6O5Si/c1-23(2,3)35(4,5)33-12-18-17(32-11-15-8-6-7-9-16(15)29(30)31)10-19(34-18)28-14-27-20-21(24)25-13-26-22(20)28/h6-9,13-14,17-19H,10-12H2,1-5H3,(H2,24,25,26)/t17-,18-,19-/m1/s1. The molecule has 3 heterocycles. The van der Waals surface area contributed by atoms with Gasteiger partial charge in [0.25, 0.3) is 5.69 Å². The maximum atomic E-state index is 11.4. The SMILES string of the molecule is CC(C)(C)[Si](C)(C)OC[C@H]1O[C@@H](n2cnc3c(N)ncnc32)C[C@H]1OCc1ccccc1[N+](=O)[O-]. The van der Waals surface area contributed by atoms with Gasteiger partial charge in [0, 0.05) is 12.5 Å². The second-order valence-electron chi connectivity index (χ2n) is 10.3. The van der Waals surface area contributed by atoms with E-state index in [1.165, 1.54) is 12.4 Å². The summed E-state index contributed by atoms with van der Waals surface area (Å²) in [5, 5.41) is 11.5. The number of nitro benzene ring substituents is 1. The van der Waals surface area contributed by atoms with E-state index in [0.29, 0.717) is 35.6 Å². The Bertz CT molecular complexity index is 1210. The van der Waals surface area contributed by atoms with Gasteiger partial charge in [-0.3, -0.25) is 14.7 Å². The van der Waals surface area contributed by atoms with Gasteiger partial charge in [0.05, 0.1) is 36.1 Å². The van der Waals surface area contributed by atoms with Crippen LogP contribution in [0.3, 0.4) is 0 Å². The van der Waals surface area contributed by atoms with E-state index in [0.717, 1.165) is 0 Å². The van der Waals surface area contributed by atoms with Crippen molar-refractivity contribution in [2.75, 3.05) is 12.3 Å². The summed E-state index contributed by atoms with van der Waals surface area (Å²) >= 11 is 0. The molecule has 3 atom stereocenters. The highest BCUT2D eigenvalue weighted by atomic mass is 28.4. The van der Waals surface area contributed by atoms with Gasteiger partial charge in [-0.2, -0.15) is 0 Å². The van der Waals surface area contributed by atoms with Gasteiger partial charge in [-0.25, -0.2) is 15.0 Å². The molecule has 35 heavy (non-hydrogen) atoms. The molecule has 0 saturated carbocycles. The number of hydrogen-bond donors (Lipinski definition) is 1. The lowest BCUT2D eigenvalue weighted by molar-refractivity contribution is -0.386. The van der Waals surface area contributed by atoms with E-state index in [4.69, 9.17) is 19.6 Å². The van der Waals surface area contributed by atoms with Crippen LogP contribution in [0.4, 0.5) is 11.5 Å². The molecule has 0 radical (unpaired) electrons. The third-order valence-electron chi connectivity index (χ3n) is 6.93. The summed E-state index contributed by atoms with van der Waals surface area (Å²) < 4.78 is 20.9. The van der Waals surface area contributed by atoms with Crippen LogP contribution in [0.5, 0.6) is 0 Å². The third-order valence-corrected chi connectivity index (χ3v) is 11.4. The van der Waals surface area contributed by atoms with E-state index in [9.17, 15) is 10.1 Å². The molecule has 1 fully saturated rings. The van der Waals surface area contributed by atoms with E-state index in [1.54, 1.807) is 24.5 Å². The maximum Gasteiger partial charge on any atom is 0.274 e. The van der Waals surface area contributed by atoms with E-state index >= 15 is 0 Å². The second kappa shape index (κ2) is 9.61. The molecule has 11 nitrogen and oxygen atoms in total. The average Bonchev–Trinajstić information content (AvgIpc) is 3.40. The molecule has 0 bridgehead atoms. The number of fused-ring (bicyclic) bond motifs is 1. The molecule has 3 aromatic rings. The normalized spacial score (nSPS) is 21.0. The zero-order valence-electron chi connectivity index (χ0n) is 20.7. The first-order valence-electron chi connectivity index (χ1n) is 11.5. The number of hydrogen-bond acceptors (Lipinski definition) is 9. The highest BCUT2D eigenvalue weighted by Gasteiger charge is 2.42. The molecule has 0 amide bonds. The third kappa shape index (κ3) is 5.20. The minimum absolute atomic E-state index is 0.0322. The Balaban J connectivity index is 1.56. The summed E-state index contributed by atoms with van der Waals surface area (Å²) in [5.41, 5.74) is 7.58. The van der Waals surface area contributed by atoms with Crippen molar-refractivity contribution in [3.05, 3.63) is 52.6 Å². The van der Waals surface area contributed by atoms with E-state index < -0.39 is 19.5 Å². The molecule has 0 unspecified atom stereocenters. The number of para-hydroxylation sites is 1. The molecule has 0 aliphatic carbocycles. The monoisotopic (exact) mass is 500 g/mol. The van der Waals surface area contributed by atoms with Crippen LogP contribution in [-0.4, -0.2) is 51.6 Å². The van der Waals surface area contributed by atoms with Gasteiger partial charge in [0.2, 0.25) is 0 Å². The Labute approximate surface area is 204 Å². The maximum absolute atomic E-state index is 11.4. The van der Waals surface area contributed by atoms with E-state index in [-0.39, 0.29) is 29.5 Å². The Hall–Kier alpha value is -2.93. The van der Waals surface area contributed by atoms with Crippen LogP contribution in [0, 0.1) is 10.1 Å². The Morgan fingerprint density at radius 1 is 1.26 bits per heavy atom. The summed E-state index contributed by atoms with van der Waals surface area (Å²) in [4.78, 5) is 23.7. The van der Waals surface area contributed by atoms with Crippen molar-refractivity contribution in [1.82, 2.24) is 19.5 Å². The van der Waals surface area contributed by atoms with Crippen molar-refractivity contribution in [3.8, 4) is 0 Å². The molecule has 1 aliphatic heterocycles. The van der Waals surface area contributed by atoms with Crippen molar-refractivity contribution in [3.63, 3.8) is 0 Å². The molecule has 1 aliphatic rings. The largest absolute Gasteiger partial charge is 0.414 e. The average molecular weight is 501 g/mol. The summed E-state index contributed by atoms with van der Waals surface area (Å²) in [6.45, 7) is 11.4. The summed E-state index contributed by atoms with van der Waals surface area (Å²) in [5.74, 6) is 0.300.